The van der Waals surface area contributed by atoms with Gasteiger partial charge in [0, 0.05) is 32.4 Å². The lowest BCUT2D eigenvalue weighted by molar-refractivity contribution is 0.000239. The molecule has 7 heteroatoms. The number of anilines is 1. The first kappa shape index (κ1) is 17.5. The van der Waals surface area contributed by atoms with Crippen LogP contribution in [0.2, 0.25) is 0 Å². The fraction of sp³-hybridized carbons (Fsp3) is 0.688. The van der Waals surface area contributed by atoms with E-state index in [2.05, 4.69) is 14.9 Å². The van der Waals surface area contributed by atoms with Gasteiger partial charge in [0.15, 0.2) is 0 Å². The summed E-state index contributed by atoms with van der Waals surface area (Å²) in [6, 6.07) is 1.81. The van der Waals surface area contributed by atoms with Crippen LogP contribution in [0.25, 0.3) is 0 Å². The maximum Gasteiger partial charge on any atom is 0.410 e. The van der Waals surface area contributed by atoms with Crippen LogP contribution in [0.15, 0.2) is 12.3 Å². The smallest absolute Gasteiger partial charge is 0.410 e. The molecule has 0 unspecified atom stereocenters. The molecule has 0 spiro atoms. The monoisotopic (exact) mass is 321 g/mol. The lowest BCUT2D eigenvalue weighted by Gasteiger charge is -2.46. The van der Waals surface area contributed by atoms with E-state index in [1.807, 2.05) is 40.7 Å². The molecule has 0 bridgehead atoms. The first-order valence-electron chi connectivity index (χ1n) is 7.90. The highest BCUT2D eigenvalue weighted by Gasteiger charge is 2.39. The normalized spacial score (nSPS) is 18.0. The van der Waals surface area contributed by atoms with E-state index in [9.17, 15) is 4.79 Å². The number of aromatic nitrogens is 2. The zero-order valence-electron chi connectivity index (χ0n) is 14.7. The molecule has 1 aromatic rings. The maximum atomic E-state index is 12.4. The Balaban J connectivity index is 2.11. The number of nitrogens with two attached hydrogens (primary N) is 1. The van der Waals surface area contributed by atoms with Gasteiger partial charge in [0.2, 0.25) is 5.95 Å². The third-order valence-corrected chi connectivity index (χ3v) is 3.71. The Hall–Kier alpha value is -1.89. The number of ether oxygens (including phenoxy) is 1. The maximum absolute atomic E-state index is 12.4. The predicted molar refractivity (Wildman–Crippen MR) is 89.2 cm³/mol. The third-order valence-electron chi connectivity index (χ3n) is 3.71. The van der Waals surface area contributed by atoms with Crippen LogP contribution in [0.4, 0.5) is 10.7 Å². The van der Waals surface area contributed by atoms with Gasteiger partial charge in [-0.3, -0.25) is 4.90 Å². The van der Waals surface area contributed by atoms with Crippen LogP contribution >= 0.6 is 0 Å². The Morgan fingerprint density at radius 1 is 1.39 bits per heavy atom. The predicted octanol–water partition coefficient (Wildman–Crippen LogP) is 1.77. The van der Waals surface area contributed by atoms with Gasteiger partial charge in [0.05, 0.1) is 11.2 Å². The Kier molecular flexibility index (Phi) is 4.79. The number of amides is 1. The lowest BCUT2D eigenvalue weighted by Crippen LogP contribution is -2.62. The van der Waals surface area contributed by atoms with Crippen LogP contribution in [-0.2, 0) is 11.3 Å². The Labute approximate surface area is 137 Å². The minimum atomic E-state index is -0.497. The van der Waals surface area contributed by atoms with Crippen LogP contribution in [0.5, 0.6) is 0 Å². The van der Waals surface area contributed by atoms with Crippen LogP contribution in [0.1, 0.15) is 40.3 Å². The topological polar surface area (TPSA) is 84.6 Å². The number of carbonyl (C=O) groups is 1. The zero-order valence-corrected chi connectivity index (χ0v) is 14.7. The van der Waals surface area contributed by atoms with Gasteiger partial charge in [-0.05, 0) is 40.7 Å². The zero-order chi connectivity index (χ0) is 17.3. The molecule has 2 N–H and O–H groups in total. The SMILES string of the molecule is CC(C)(C)OC(=O)N1CCN(c2nccc(CN)n2)CC1(C)C. The van der Waals surface area contributed by atoms with Gasteiger partial charge in [0.25, 0.3) is 0 Å². The van der Waals surface area contributed by atoms with Crippen LogP contribution in [0, 0.1) is 0 Å². The summed E-state index contributed by atoms with van der Waals surface area (Å²) in [7, 11) is 0. The van der Waals surface area contributed by atoms with Gasteiger partial charge >= 0.3 is 6.09 Å². The summed E-state index contributed by atoms with van der Waals surface area (Å²) in [5.74, 6) is 0.657. The number of rotatable bonds is 2. The molecule has 2 heterocycles. The van der Waals surface area contributed by atoms with E-state index in [0.29, 0.717) is 32.1 Å². The van der Waals surface area contributed by atoms with Gasteiger partial charge in [-0.2, -0.15) is 0 Å². The summed E-state index contributed by atoms with van der Waals surface area (Å²) in [5.41, 5.74) is 5.58. The second-order valence-corrected chi connectivity index (χ2v) is 7.42. The molecule has 128 valence electrons. The number of carbonyl (C=O) groups excluding carboxylic acids is 1. The summed E-state index contributed by atoms with van der Waals surface area (Å²) in [5, 5.41) is 0. The van der Waals surface area contributed by atoms with Crippen molar-refractivity contribution in [1.29, 1.82) is 0 Å². The molecule has 2 rings (SSSR count). The summed E-state index contributed by atoms with van der Waals surface area (Å²) >= 11 is 0. The number of nitrogens with zero attached hydrogens (tertiary/aromatic N) is 4. The Bertz CT molecular complexity index is 568. The fourth-order valence-corrected chi connectivity index (χ4v) is 2.63. The van der Waals surface area contributed by atoms with E-state index in [4.69, 9.17) is 10.5 Å². The van der Waals surface area contributed by atoms with Crippen molar-refractivity contribution in [1.82, 2.24) is 14.9 Å². The molecule has 23 heavy (non-hydrogen) atoms. The largest absolute Gasteiger partial charge is 0.444 e. The van der Waals surface area contributed by atoms with Crippen molar-refractivity contribution in [3.63, 3.8) is 0 Å². The molecular weight excluding hydrogens is 294 g/mol. The Morgan fingerprint density at radius 3 is 2.65 bits per heavy atom. The minimum Gasteiger partial charge on any atom is -0.444 e. The molecular formula is C16H27N5O2. The van der Waals surface area contributed by atoms with E-state index >= 15 is 0 Å². The molecule has 0 radical (unpaired) electrons. The average molecular weight is 321 g/mol. The van der Waals surface area contributed by atoms with E-state index < -0.39 is 5.60 Å². The highest BCUT2D eigenvalue weighted by Crippen LogP contribution is 2.25. The van der Waals surface area contributed by atoms with Crippen molar-refractivity contribution in [3.8, 4) is 0 Å². The lowest BCUT2D eigenvalue weighted by atomic mass is 9.99. The molecule has 1 aromatic heterocycles. The van der Waals surface area contributed by atoms with Crippen LogP contribution < -0.4 is 10.6 Å². The number of piperazine rings is 1. The summed E-state index contributed by atoms with van der Waals surface area (Å²) in [6.45, 7) is 11.9. The number of hydrogen-bond donors (Lipinski definition) is 1. The third kappa shape index (κ3) is 4.31. The molecule has 1 fully saturated rings. The van der Waals surface area contributed by atoms with Gasteiger partial charge < -0.3 is 15.4 Å². The van der Waals surface area contributed by atoms with Crippen molar-refractivity contribution in [2.75, 3.05) is 24.5 Å². The molecule has 1 aliphatic heterocycles. The second-order valence-electron chi connectivity index (χ2n) is 7.42. The second kappa shape index (κ2) is 6.31. The average Bonchev–Trinajstić information content (AvgIpc) is 2.44. The summed E-state index contributed by atoms with van der Waals surface area (Å²) < 4.78 is 5.51. The van der Waals surface area contributed by atoms with Gasteiger partial charge in [-0.25, -0.2) is 14.8 Å². The highest BCUT2D eigenvalue weighted by molar-refractivity contribution is 5.69. The van der Waals surface area contributed by atoms with E-state index in [0.717, 1.165) is 5.69 Å². The molecule has 1 saturated heterocycles. The molecule has 1 aliphatic rings. The molecule has 0 saturated carbocycles. The van der Waals surface area contributed by atoms with Gasteiger partial charge in [-0.15, -0.1) is 0 Å². The molecule has 1 amide bonds. The van der Waals surface area contributed by atoms with E-state index in [-0.39, 0.29) is 11.6 Å². The highest BCUT2D eigenvalue weighted by atomic mass is 16.6. The number of hydrogen-bond acceptors (Lipinski definition) is 6. The van der Waals surface area contributed by atoms with Crippen molar-refractivity contribution in [2.45, 2.75) is 52.3 Å². The summed E-state index contributed by atoms with van der Waals surface area (Å²) in [6.07, 6.45) is 1.44. The Morgan fingerprint density at radius 2 is 2.09 bits per heavy atom. The first-order valence-corrected chi connectivity index (χ1v) is 7.90. The first-order chi connectivity index (χ1) is 10.6. The van der Waals surface area contributed by atoms with Crippen molar-refractivity contribution >= 4 is 12.0 Å². The van der Waals surface area contributed by atoms with Crippen LogP contribution in [-0.4, -0.2) is 51.7 Å². The molecule has 7 nitrogen and oxygen atoms in total. The minimum absolute atomic E-state index is 0.279. The quantitative estimate of drug-likeness (QED) is 0.893. The van der Waals surface area contributed by atoms with Crippen molar-refractivity contribution in [3.05, 3.63) is 18.0 Å². The van der Waals surface area contributed by atoms with E-state index in [1.54, 1.807) is 11.1 Å². The molecule has 0 atom stereocenters. The van der Waals surface area contributed by atoms with Gasteiger partial charge in [-0.1, -0.05) is 0 Å². The van der Waals surface area contributed by atoms with E-state index in [1.165, 1.54) is 0 Å². The summed E-state index contributed by atoms with van der Waals surface area (Å²) in [4.78, 5) is 25.1. The van der Waals surface area contributed by atoms with Crippen LogP contribution in [0.3, 0.4) is 0 Å². The standard InChI is InChI=1S/C16H27N5O2/c1-15(2,3)23-14(22)21-9-8-20(11-16(21,4)5)13-18-7-6-12(10-17)19-13/h6-7H,8-11,17H2,1-5H3. The van der Waals surface area contributed by atoms with Gasteiger partial charge in [0.1, 0.15) is 5.60 Å². The molecule has 0 aromatic carbocycles. The van der Waals surface area contributed by atoms with Crippen molar-refractivity contribution < 1.29 is 9.53 Å². The van der Waals surface area contributed by atoms with Crippen molar-refractivity contribution in [2.24, 2.45) is 5.73 Å². The fourth-order valence-electron chi connectivity index (χ4n) is 2.63. The molecule has 0 aliphatic carbocycles.